The highest BCUT2D eigenvalue weighted by atomic mass is 16.6. The van der Waals surface area contributed by atoms with Gasteiger partial charge in [0, 0.05) is 13.6 Å². The molecule has 2 rings (SSSR count). The summed E-state index contributed by atoms with van der Waals surface area (Å²) in [6.07, 6.45) is 0.335. The summed E-state index contributed by atoms with van der Waals surface area (Å²) in [5.74, 6) is 0.535. The predicted molar refractivity (Wildman–Crippen MR) is 80.0 cm³/mol. The molecule has 0 bridgehead atoms. The van der Waals surface area contributed by atoms with E-state index in [2.05, 4.69) is 6.07 Å². The maximum atomic E-state index is 11.9. The van der Waals surface area contributed by atoms with Crippen molar-refractivity contribution in [3.05, 3.63) is 65.7 Å². The van der Waals surface area contributed by atoms with Gasteiger partial charge in [0.05, 0.1) is 11.6 Å². The fourth-order valence-electron chi connectivity index (χ4n) is 1.80. The molecule has 0 atom stereocenters. The summed E-state index contributed by atoms with van der Waals surface area (Å²) >= 11 is 0. The van der Waals surface area contributed by atoms with Crippen molar-refractivity contribution in [1.29, 1.82) is 5.26 Å². The predicted octanol–water partition coefficient (Wildman–Crippen LogP) is 3.23. The van der Waals surface area contributed by atoms with Crippen molar-refractivity contribution in [1.82, 2.24) is 4.90 Å². The fraction of sp³-hybridized carbons (Fsp3) is 0.176. The summed E-state index contributed by atoms with van der Waals surface area (Å²) in [6.45, 7) is 0.553. The maximum Gasteiger partial charge on any atom is 0.414 e. The van der Waals surface area contributed by atoms with E-state index < -0.39 is 0 Å². The highest BCUT2D eigenvalue weighted by Crippen LogP contribution is 2.10. The molecule has 0 unspecified atom stereocenters. The first kappa shape index (κ1) is 14.6. The van der Waals surface area contributed by atoms with Gasteiger partial charge in [-0.15, -0.1) is 0 Å². The third-order valence-corrected chi connectivity index (χ3v) is 3.08. The summed E-state index contributed by atoms with van der Waals surface area (Å²) in [5.41, 5.74) is 1.71. The average molecular weight is 280 g/mol. The Hall–Kier alpha value is -2.80. The lowest BCUT2D eigenvalue weighted by Crippen LogP contribution is -2.31. The number of hydrogen-bond donors (Lipinski definition) is 0. The van der Waals surface area contributed by atoms with Crippen LogP contribution < -0.4 is 4.74 Å². The van der Waals surface area contributed by atoms with Crippen LogP contribution in [0.5, 0.6) is 5.75 Å². The SMILES string of the molecule is CN(CCc1ccc(C#N)cc1)C(=O)Oc1ccccc1. The molecule has 106 valence electrons. The van der Waals surface area contributed by atoms with Crippen LogP contribution in [-0.4, -0.2) is 24.6 Å². The van der Waals surface area contributed by atoms with Gasteiger partial charge >= 0.3 is 6.09 Å². The van der Waals surface area contributed by atoms with Crippen LogP contribution in [0.2, 0.25) is 0 Å². The van der Waals surface area contributed by atoms with Crippen molar-refractivity contribution in [2.75, 3.05) is 13.6 Å². The number of carbonyl (C=O) groups is 1. The van der Waals surface area contributed by atoms with Crippen molar-refractivity contribution < 1.29 is 9.53 Å². The summed E-state index contributed by atoms with van der Waals surface area (Å²) < 4.78 is 5.25. The van der Waals surface area contributed by atoms with Crippen molar-refractivity contribution in [2.24, 2.45) is 0 Å². The molecular formula is C17H16N2O2. The molecule has 0 radical (unpaired) electrons. The van der Waals surface area contributed by atoms with Crippen LogP contribution in [0.4, 0.5) is 4.79 Å². The number of likely N-dealkylation sites (N-methyl/N-ethyl adjacent to an activating group) is 1. The molecular weight excluding hydrogens is 264 g/mol. The molecule has 2 aromatic carbocycles. The van der Waals surface area contributed by atoms with Gasteiger partial charge in [0.1, 0.15) is 5.75 Å². The van der Waals surface area contributed by atoms with Gasteiger partial charge in [-0.2, -0.15) is 5.26 Å². The van der Waals surface area contributed by atoms with Crippen molar-refractivity contribution in [2.45, 2.75) is 6.42 Å². The monoisotopic (exact) mass is 280 g/mol. The number of amides is 1. The Bertz CT molecular complexity index is 630. The minimum atomic E-state index is -0.380. The minimum absolute atomic E-state index is 0.380. The number of nitriles is 1. The molecule has 0 heterocycles. The number of benzene rings is 2. The Morgan fingerprint density at radius 3 is 2.43 bits per heavy atom. The summed E-state index contributed by atoms with van der Waals surface area (Å²) in [4.78, 5) is 13.4. The third kappa shape index (κ3) is 4.36. The minimum Gasteiger partial charge on any atom is -0.410 e. The van der Waals surface area contributed by atoms with E-state index in [-0.39, 0.29) is 6.09 Å². The highest BCUT2D eigenvalue weighted by molar-refractivity contribution is 5.70. The van der Waals surface area contributed by atoms with E-state index in [1.807, 2.05) is 30.3 Å². The molecule has 0 fully saturated rings. The molecule has 4 nitrogen and oxygen atoms in total. The molecule has 0 saturated carbocycles. The van der Waals surface area contributed by atoms with Gasteiger partial charge in [-0.1, -0.05) is 30.3 Å². The van der Waals surface area contributed by atoms with E-state index in [0.29, 0.717) is 24.3 Å². The van der Waals surface area contributed by atoms with E-state index in [4.69, 9.17) is 10.00 Å². The molecule has 2 aromatic rings. The standard InChI is InChI=1S/C17H16N2O2/c1-19(17(20)21-16-5-3-2-4-6-16)12-11-14-7-9-15(13-18)10-8-14/h2-10H,11-12H2,1H3. The molecule has 1 amide bonds. The molecule has 21 heavy (non-hydrogen) atoms. The van der Waals surface area contributed by atoms with Crippen molar-refractivity contribution in [3.63, 3.8) is 0 Å². The van der Waals surface area contributed by atoms with E-state index >= 15 is 0 Å². The second kappa shape index (κ2) is 7.11. The maximum absolute atomic E-state index is 11.9. The zero-order valence-electron chi connectivity index (χ0n) is 11.8. The molecule has 0 aliphatic carbocycles. The lowest BCUT2D eigenvalue weighted by molar-refractivity contribution is 0.163. The number of nitrogens with zero attached hydrogens (tertiary/aromatic N) is 2. The fourth-order valence-corrected chi connectivity index (χ4v) is 1.80. The Kier molecular flexibility index (Phi) is 4.94. The summed E-state index contributed by atoms with van der Waals surface area (Å²) in [6, 6.07) is 18.4. The van der Waals surface area contributed by atoms with E-state index in [1.165, 1.54) is 4.90 Å². The van der Waals surface area contributed by atoms with Crippen LogP contribution >= 0.6 is 0 Å². The van der Waals surface area contributed by atoms with E-state index in [1.54, 1.807) is 31.3 Å². The zero-order valence-corrected chi connectivity index (χ0v) is 11.8. The van der Waals surface area contributed by atoms with E-state index in [9.17, 15) is 4.79 Å². The van der Waals surface area contributed by atoms with Crippen LogP contribution in [0.15, 0.2) is 54.6 Å². The van der Waals surface area contributed by atoms with Gasteiger partial charge in [-0.3, -0.25) is 0 Å². The average Bonchev–Trinajstić information content (AvgIpc) is 2.54. The van der Waals surface area contributed by atoms with Gasteiger partial charge in [0.15, 0.2) is 0 Å². The van der Waals surface area contributed by atoms with Gasteiger partial charge in [-0.05, 0) is 36.2 Å². The van der Waals surface area contributed by atoms with Gasteiger partial charge in [0.2, 0.25) is 0 Å². The normalized spacial score (nSPS) is 9.71. The first-order valence-electron chi connectivity index (χ1n) is 6.66. The Balaban J connectivity index is 1.84. The zero-order chi connectivity index (χ0) is 15.1. The second-order valence-corrected chi connectivity index (χ2v) is 4.66. The third-order valence-electron chi connectivity index (χ3n) is 3.08. The Morgan fingerprint density at radius 2 is 1.81 bits per heavy atom. The molecule has 0 spiro atoms. The highest BCUT2D eigenvalue weighted by Gasteiger charge is 2.10. The van der Waals surface area contributed by atoms with Crippen LogP contribution in [0, 0.1) is 11.3 Å². The lowest BCUT2D eigenvalue weighted by Gasteiger charge is -2.16. The summed E-state index contributed by atoms with van der Waals surface area (Å²) in [5, 5.41) is 8.74. The van der Waals surface area contributed by atoms with Crippen LogP contribution in [0.3, 0.4) is 0 Å². The van der Waals surface area contributed by atoms with Crippen molar-refractivity contribution >= 4 is 6.09 Å². The number of ether oxygens (including phenoxy) is 1. The van der Waals surface area contributed by atoms with Crippen LogP contribution in [-0.2, 0) is 6.42 Å². The molecule has 0 aliphatic heterocycles. The number of para-hydroxylation sites is 1. The largest absolute Gasteiger partial charge is 0.414 e. The number of carbonyl (C=O) groups excluding carboxylic acids is 1. The molecule has 4 heteroatoms. The van der Waals surface area contributed by atoms with Gasteiger partial charge in [-0.25, -0.2) is 4.79 Å². The lowest BCUT2D eigenvalue weighted by atomic mass is 10.1. The first-order chi connectivity index (χ1) is 10.2. The quantitative estimate of drug-likeness (QED) is 0.864. The topological polar surface area (TPSA) is 53.3 Å². The Morgan fingerprint density at radius 1 is 1.14 bits per heavy atom. The van der Waals surface area contributed by atoms with Gasteiger partial charge in [0.25, 0.3) is 0 Å². The first-order valence-corrected chi connectivity index (χ1v) is 6.66. The van der Waals surface area contributed by atoms with Gasteiger partial charge < -0.3 is 9.64 Å². The molecule has 0 aromatic heterocycles. The smallest absolute Gasteiger partial charge is 0.410 e. The molecule has 0 aliphatic rings. The number of hydrogen-bond acceptors (Lipinski definition) is 3. The van der Waals surface area contributed by atoms with Crippen molar-refractivity contribution in [3.8, 4) is 11.8 Å². The number of rotatable bonds is 4. The summed E-state index contributed by atoms with van der Waals surface area (Å²) in [7, 11) is 1.70. The molecule has 0 saturated heterocycles. The van der Waals surface area contributed by atoms with E-state index in [0.717, 1.165) is 5.56 Å². The van der Waals surface area contributed by atoms with Crippen LogP contribution in [0.25, 0.3) is 0 Å². The molecule has 0 N–H and O–H groups in total. The van der Waals surface area contributed by atoms with Crippen LogP contribution in [0.1, 0.15) is 11.1 Å². The second-order valence-electron chi connectivity index (χ2n) is 4.66. The Labute approximate surface area is 124 Å².